The fourth-order valence-corrected chi connectivity index (χ4v) is 1.79. The largest absolute Gasteiger partial charge is 0.320 e. The van der Waals surface area contributed by atoms with Gasteiger partial charge in [0.1, 0.15) is 0 Å². The van der Waals surface area contributed by atoms with Crippen molar-refractivity contribution >= 4 is 0 Å². The van der Waals surface area contributed by atoms with Crippen LogP contribution in [0.15, 0.2) is 0 Å². The molecular weight excluding hydrogens is 158 g/mol. The molecule has 1 N–H and O–H groups in total. The molecule has 0 saturated carbocycles. The molecule has 0 aromatic rings. The minimum atomic E-state index is 0.990. The molecule has 0 rings (SSSR count). The third-order valence-electron chi connectivity index (χ3n) is 2.94. The van der Waals surface area contributed by atoms with Crippen LogP contribution in [0.2, 0.25) is 0 Å². The quantitative estimate of drug-likeness (QED) is 0.541. The average molecular weight is 185 g/mol. The lowest BCUT2D eigenvalue weighted by Crippen LogP contribution is -2.07. The van der Waals surface area contributed by atoms with Crippen LogP contribution < -0.4 is 5.32 Å². The molecule has 0 aliphatic rings. The van der Waals surface area contributed by atoms with Gasteiger partial charge in [0.15, 0.2) is 0 Å². The van der Waals surface area contributed by atoms with Crippen molar-refractivity contribution in [2.75, 3.05) is 13.6 Å². The summed E-state index contributed by atoms with van der Waals surface area (Å²) in [5, 5.41) is 3.19. The predicted molar refractivity (Wildman–Crippen MR) is 61.1 cm³/mol. The monoisotopic (exact) mass is 185 g/mol. The topological polar surface area (TPSA) is 12.0 Å². The van der Waals surface area contributed by atoms with Crippen molar-refractivity contribution in [3.63, 3.8) is 0 Å². The third-order valence-corrected chi connectivity index (χ3v) is 2.94. The maximum Gasteiger partial charge on any atom is -0.00519 e. The van der Waals surface area contributed by atoms with E-state index in [0.29, 0.717) is 0 Å². The van der Waals surface area contributed by atoms with Crippen molar-refractivity contribution in [1.29, 1.82) is 0 Å². The van der Waals surface area contributed by atoms with E-state index in [-0.39, 0.29) is 0 Å². The van der Waals surface area contributed by atoms with Crippen LogP contribution >= 0.6 is 0 Å². The van der Waals surface area contributed by atoms with Crippen molar-refractivity contribution in [3.05, 3.63) is 0 Å². The van der Waals surface area contributed by atoms with E-state index < -0.39 is 0 Å². The van der Waals surface area contributed by atoms with Gasteiger partial charge in [0.25, 0.3) is 0 Å². The minimum absolute atomic E-state index is 0.990. The van der Waals surface area contributed by atoms with Gasteiger partial charge < -0.3 is 5.32 Å². The molecule has 0 atom stereocenters. The van der Waals surface area contributed by atoms with Crippen LogP contribution in [-0.4, -0.2) is 13.6 Å². The van der Waals surface area contributed by atoms with Gasteiger partial charge in [-0.2, -0.15) is 0 Å². The van der Waals surface area contributed by atoms with Crippen LogP contribution in [0.3, 0.4) is 0 Å². The van der Waals surface area contributed by atoms with Gasteiger partial charge in [0, 0.05) is 0 Å². The molecule has 0 aromatic heterocycles. The van der Waals surface area contributed by atoms with E-state index in [1.807, 2.05) is 7.05 Å². The maximum absolute atomic E-state index is 3.19. The van der Waals surface area contributed by atoms with Crippen LogP contribution in [0.5, 0.6) is 0 Å². The Balaban J connectivity index is 3.05. The molecule has 1 heteroatoms. The van der Waals surface area contributed by atoms with Gasteiger partial charge >= 0.3 is 0 Å². The van der Waals surface area contributed by atoms with E-state index in [0.717, 1.165) is 5.92 Å². The number of nitrogens with one attached hydrogen (secondary N) is 1. The lowest BCUT2D eigenvalue weighted by atomic mass is 9.96. The first-order chi connectivity index (χ1) is 6.35. The SMILES string of the molecule is CCC(CC)CCCCCCNC. The van der Waals surface area contributed by atoms with Crippen LogP contribution in [-0.2, 0) is 0 Å². The highest BCUT2D eigenvalue weighted by Crippen LogP contribution is 2.16. The van der Waals surface area contributed by atoms with Gasteiger partial charge in [-0.15, -0.1) is 0 Å². The fraction of sp³-hybridized carbons (Fsp3) is 1.00. The van der Waals surface area contributed by atoms with Crippen LogP contribution in [0.1, 0.15) is 58.8 Å². The minimum Gasteiger partial charge on any atom is -0.320 e. The Bertz CT molecular complexity index is 87.1. The van der Waals surface area contributed by atoms with Gasteiger partial charge in [-0.05, 0) is 25.9 Å². The predicted octanol–water partition coefficient (Wildman–Crippen LogP) is 3.59. The molecule has 1 nitrogen and oxygen atoms in total. The summed E-state index contributed by atoms with van der Waals surface area (Å²) in [4.78, 5) is 0. The molecule has 0 fully saturated rings. The second-order valence-corrected chi connectivity index (χ2v) is 3.99. The highest BCUT2D eigenvalue weighted by molar-refractivity contribution is 4.55. The van der Waals surface area contributed by atoms with E-state index in [2.05, 4.69) is 19.2 Å². The number of rotatable bonds is 9. The smallest absolute Gasteiger partial charge is 0.00519 e. The van der Waals surface area contributed by atoms with E-state index in [9.17, 15) is 0 Å². The molecule has 0 unspecified atom stereocenters. The number of unbranched alkanes of at least 4 members (excludes halogenated alkanes) is 3. The first-order valence-electron chi connectivity index (χ1n) is 5.99. The van der Waals surface area contributed by atoms with Crippen LogP contribution in [0.25, 0.3) is 0 Å². The molecule has 0 bridgehead atoms. The van der Waals surface area contributed by atoms with E-state index in [1.54, 1.807) is 0 Å². The Labute approximate surface area is 84.3 Å². The Morgan fingerprint density at radius 1 is 0.923 bits per heavy atom. The maximum atomic E-state index is 3.19. The second-order valence-electron chi connectivity index (χ2n) is 3.99. The van der Waals surface area contributed by atoms with Gasteiger partial charge in [-0.3, -0.25) is 0 Å². The molecule has 0 saturated heterocycles. The van der Waals surface area contributed by atoms with E-state index >= 15 is 0 Å². The molecule has 13 heavy (non-hydrogen) atoms. The zero-order chi connectivity index (χ0) is 9.94. The summed E-state index contributed by atoms with van der Waals surface area (Å²) >= 11 is 0. The standard InChI is InChI=1S/C12H27N/c1-4-12(5-2)10-8-6-7-9-11-13-3/h12-13H,4-11H2,1-3H3. The van der Waals surface area contributed by atoms with Gasteiger partial charge in [0.2, 0.25) is 0 Å². The van der Waals surface area contributed by atoms with E-state index in [4.69, 9.17) is 0 Å². The second kappa shape index (κ2) is 10.0. The molecule has 80 valence electrons. The molecule has 0 aliphatic carbocycles. The summed E-state index contributed by atoms with van der Waals surface area (Å²) < 4.78 is 0. The normalized spacial score (nSPS) is 11.1. The zero-order valence-electron chi connectivity index (χ0n) is 9.73. The molecule has 0 amide bonds. The van der Waals surface area contributed by atoms with E-state index in [1.165, 1.54) is 51.5 Å². The van der Waals surface area contributed by atoms with Crippen molar-refractivity contribution in [3.8, 4) is 0 Å². The zero-order valence-corrected chi connectivity index (χ0v) is 9.73. The third kappa shape index (κ3) is 8.29. The number of hydrogen-bond acceptors (Lipinski definition) is 1. The summed E-state index contributed by atoms with van der Waals surface area (Å²) in [6.07, 6.45) is 9.81. The first-order valence-corrected chi connectivity index (χ1v) is 5.99. The van der Waals surface area contributed by atoms with Crippen LogP contribution in [0, 0.1) is 5.92 Å². The summed E-state index contributed by atoms with van der Waals surface area (Å²) in [6, 6.07) is 0. The summed E-state index contributed by atoms with van der Waals surface area (Å²) in [6.45, 7) is 5.81. The average Bonchev–Trinajstić information content (AvgIpc) is 2.17. The van der Waals surface area contributed by atoms with Crippen molar-refractivity contribution in [1.82, 2.24) is 5.32 Å². The highest BCUT2D eigenvalue weighted by atomic mass is 14.8. The molecule has 0 spiro atoms. The molecule has 0 heterocycles. The highest BCUT2D eigenvalue weighted by Gasteiger charge is 2.01. The Morgan fingerprint density at radius 2 is 1.54 bits per heavy atom. The summed E-state index contributed by atoms with van der Waals surface area (Å²) in [5.74, 6) is 0.990. The van der Waals surface area contributed by atoms with Crippen molar-refractivity contribution in [2.24, 2.45) is 5.92 Å². The van der Waals surface area contributed by atoms with Crippen LogP contribution in [0.4, 0.5) is 0 Å². The Hall–Kier alpha value is -0.0400. The molecule has 0 aliphatic heterocycles. The Kier molecular flexibility index (Phi) is 10.0. The summed E-state index contributed by atoms with van der Waals surface area (Å²) in [5.41, 5.74) is 0. The van der Waals surface area contributed by atoms with Crippen molar-refractivity contribution < 1.29 is 0 Å². The van der Waals surface area contributed by atoms with Gasteiger partial charge in [0.05, 0.1) is 0 Å². The number of hydrogen-bond donors (Lipinski definition) is 1. The fourth-order valence-electron chi connectivity index (χ4n) is 1.79. The summed E-state index contributed by atoms with van der Waals surface area (Å²) in [7, 11) is 2.03. The van der Waals surface area contributed by atoms with Gasteiger partial charge in [-0.1, -0.05) is 52.4 Å². The molecular formula is C12H27N. The molecule has 0 radical (unpaired) electrons. The lowest BCUT2D eigenvalue weighted by molar-refractivity contribution is 0.428. The molecule has 0 aromatic carbocycles. The van der Waals surface area contributed by atoms with Gasteiger partial charge in [-0.25, -0.2) is 0 Å². The van der Waals surface area contributed by atoms with Crippen molar-refractivity contribution in [2.45, 2.75) is 58.8 Å². The Morgan fingerprint density at radius 3 is 2.08 bits per heavy atom. The first kappa shape index (κ1) is 13.0. The lowest BCUT2D eigenvalue weighted by Gasteiger charge is -2.11.